The zero-order valence-corrected chi connectivity index (χ0v) is 41.2. The number of nitrogens with zero attached hydrogens (tertiary/aromatic N) is 3. The van der Waals surface area contributed by atoms with E-state index in [2.05, 4.69) is 154 Å². The molecule has 0 radical (unpaired) electrons. The van der Waals surface area contributed by atoms with E-state index in [4.69, 9.17) is 19.6 Å². The first-order valence-corrected chi connectivity index (χ1v) is 23.0. The average molecular weight is 880 g/mol. The molecule has 0 fully saturated rings. The highest BCUT2D eigenvalue weighted by Crippen LogP contribution is 2.46. The van der Waals surface area contributed by atoms with E-state index in [0.717, 1.165) is 61.3 Å². The van der Waals surface area contributed by atoms with Gasteiger partial charge in [0.2, 0.25) is 0 Å². The van der Waals surface area contributed by atoms with Gasteiger partial charge in [-0.15, -0.1) is 0 Å². The first kappa shape index (κ1) is 36.9. The zero-order chi connectivity index (χ0) is 54.6. The van der Waals surface area contributed by atoms with E-state index in [9.17, 15) is 6.48 Å². The highest BCUT2D eigenvalue weighted by molar-refractivity contribution is 5.97. The second-order valence-corrected chi connectivity index (χ2v) is 22.1. The molecule has 8 rings (SSSR count). The third kappa shape index (κ3) is 9.00. The number of pyridine rings is 1. The Morgan fingerprint density at radius 2 is 1.23 bits per heavy atom. The molecule has 0 aliphatic carbocycles. The standard InChI is InChI=1S/C62H69N3O/c1-38(2)50-37-46(27-28-48(50)49-19-16-17-21-52(49)61(10,11)12)65-55-22-18-20-47(56(55)64-58(65)51-35-45(60(7,8)9)36-53(57(51)66)62(13,14)15)42-31-43(33-44(32-42)59(4,5)6)54-34-41(29-30-63-54)40-25-23-39(3)24-26-40/h16-38,66H,1-15H3/i3D3,23D,24D,25D,26D,38D. The van der Waals surface area contributed by atoms with Crippen molar-refractivity contribution < 1.29 is 16.1 Å². The first-order valence-electron chi connectivity index (χ1n) is 27.0. The fourth-order valence-electron chi connectivity index (χ4n) is 8.84. The van der Waals surface area contributed by atoms with E-state index < -0.39 is 47.9 Å². The predicted octanol–water partition coefficient (Wildman–Crippen LogP) is 17.1. The van der Waals surface area contributed by atoms with E-state index in [1.165, 1.54) is 5.56 Å². The van der Waals surface area contributed by atoms with Crippen molar-refractivity contribution >= 4 is 11.0 Å². The van der Waals surface area contributed by atoms with Crippen LogP contribution in [0.3, 0.4) is 0 Å². The van der Waals surface area contributed by atoms with Crippen LogP contribution in [0.15, 0.2) is 133 Å². The smallest absolute Gasteiger partial charge is 0.149 e. The Morgan fingerprint density at radius 1 is 0.576 bits per heavy atom. The van der Waals surface area contributed by atoms with Crippen LogP contribution in [0.1, 0.15) is 147 Å². The van der Waals surface area contributed by atoms with Gasteiger partial charge in [-0.3, -0.25) is 9.55 Å². The van der Waals surface area contributed by atoms with Gasteiger partial charge in [0.05, 0.1) is 27.8 Å². The molecule has 338 valence electrons. The number of rotatable bonds is 7. The van der Waals surface area contributed by atoms with Gasteiger partial charge in [-0.05, 0) is 133 Å². The number of hydrogen-bond acceptors (Lipinski definition) is 3. The van der Waals surface area contributed by atoms with Gasteiger partial charge in [0.25, 0.3) is 0 Å². The van der Waals surface area contributed by atoms with Crippen molar-refractivity contribution in [3.05, 3.63) is 167 Å². The van der Waals surface area contributed by atoms with E-state index in [0.29, 0.717) is 28.2 Å². The maximum atomic E-state index is 12.6. The Hall–Kier alpha value is -6.26. The average Bonchev–Trinajstić information content (AvgIpc) is 3.68. The summed E-state index contributed by atoms with van der Waals surface area (Å²) in [5, 5.41) is 12.6. The molecule has 0 bridgehead atoms. The number of aromatic hydroxyl groups is 1. The third-order valence-electron chi connectivity index (χ3n) is 12.6. The Bertz CT molecular complexity index is 3490. The molecule has 2 aromatic heterocycles. The highest BCUT2D eigenvalue weighted by atomic mass is 16.3. The molecule has 0 aliphatic heterocycles. The Kier molecular flexibility index (Phi) is 9.43. The van der Waals surface area contributed by atoms with E-state index >= 15 is 0 Å². The molecule has 0 saturated carbocycles. The number of phenols is 1. The van der Waals surface area contributed by atoms with Gasteiger partial charge >= 0.3 is 0 Å². The summed E-state index contributed by atoms with van der Waals surface area (Å²) in [6.07, 6.45) is 1.57. The minimum atomic E-state index is -2.83. The first-order chi connectivity index (χ1) is 34.1. The molecule has 66 heavy (non-hydrogen) atoms. The van der Waals surface area contributed by atoms with Crippen molar-refractivity contribution in [2.45, 2.75) is 131 Å². The molecule has 4 heteroatoms. The molecule has 8 aromatic rings. The van der Waals surface area contributed by atoms with Crippen LogP contribution in [0.5, 0.6) is 5.75 Å². The Morgan fingerprint density at radius 3 is 1.88 bits per heavy atom. The fraction of sp³-hybridized carbons (Fsp3) is 0.323. The molecule has 4 nitrogen and oxygen atoms in total. The fourth-order valence-corrected chi connectivity index (χ4v) is 8.84. The topological polar surface area (TPSA) is 50.9 Å². The molecule has 0 amide bonds. The zero-order valence-electron chi connectivity index (χ0n) is 49.2. The summed E-state index contributed by atoms with van der Waals surface area (Å²) in [4.78, 5) is 10.4. The number of aromatic nitrogens is 3. The van der Waals surface area contributed by atoms with Crippen molar-refractivity contribution in [3.8, 4) is 67.5 Å². The second kappa shape index (κ2) is 16.9. The number of benzene rings is 6. The minimum Gasteiger partial charge on any atom is -0.507 e. The molecule has 6 aromatic carbocycles. The van der Waals surface area contributed by atoms with Crippen LogP contribution < -0.4 is 0 Å². The largest absolute Gasteiger partial charge is 0.507 e. The lowest BCUT2D eigenvalue weighted by atomic mass is 9.79. The van der Waals surface area contributed by atoms with Crippen molar-refractivity contribution in [2.24, 2.45) is 0 Å². The molecular weight excluding hydrogens is 803 g/mol. The lowest BCUT2D eigenvalue weighted by Gasteiger charge is -2.28. The molecule has 0 atom stereocenters. The number of fused-ring (bicyclic) bond motifs is 1. The van der Waals surface area contributed by atoms with Gasteiger partial charge in [-0.25, -0.2) is 4.98 Å². The maximum absolute atomic E-state index is 12.6. The van der Waals surface area contributed by atoms with Crippen molar-refractivity contribution in [2.75, 3.05) is 0 Å². The van der Waals surface area contributed by atoms with Gasteiger partial charge in [0, 0.05) is 34.1 Å². The van der Waals surface area contributed by atoms with Gasteiger partial charge in [-0.2, -0.15) is 0 Å². The second-order valence-electron chi connectivity index (χ2n) is 22.1. The summed E-state index contributed by atoms with van der Waals surface area (Å²) in [6, 6.07) is 32.6. The molecular formula is C62H69N3O. The number of hydrogen-bond donors (Lipinski definition) is 1. The maximum Gasteiger partial charge on any atom is 0.149 e. The van der Waals surface area contributed by atoms with Gasteiger partial charge in [0.15, 0.2) is 0 Å². The van der Waals surface area contributed by atoms with E-state index in [1.807, 2.05) is 38.1 Å². The number of para-hydroxylation sites is 1. The summed E-state index contributed by atoms with van der Waals surface area (Å²) in [5.41, 5.74) is 11.3. The van der Waals surface area contributed by atoms with Gasteiger partial charge in [0.1, 0.15) is 11.6 Å². The normalized spacial score (nSPS) is 14.8. The quantitative estimate of drug-likeness (QED) is 0.174. The van der Waals surface area contributed by atoms with Crippen LogP contribution in [0.25, 0.3) is 72.7 Å². The van der Waals surface area contributed by atoms with Gasteiger partial charge < -0.3 is 5.11 Å². The monoisotopic (exact) mass is 880 g/mol. The van der Waals surface area contributed by atoms with Crippen LogP contribution in [0.2, 0.25) is 0 Å². The molecule has 2 heterocycles. The summed E-state index contributed by atoms with van der Waals surface area (Å²) in [6.45, 7) is 26.9. The van der Waals surface area contributed by atoms with Crippen LogP contribution >= 0.6 is 0 Å². The summed E-state index contributed by atoms with van der Waals surface area (Å²) in [5.74, 6) is -0.318. The molecule has 0 aliphatic rings. The predicted molar refractivity (Wildman–Crippen MR) is 281 cm³/mol. The summed E-state index contributed by atoms with van der Waals surface area (Å²) < 4.78 is 70.5. The highest BCUT2D eigenvalue weighted by Gasteiger charge is 2.30. The minimum absolute atomic E-state index is 0.0107. The molecule has 0 saturated heterocycles. The molecule has 0 spiro atoms. The molecule has 0 unspecified atom stereocenters. The Balaban J connectivity index is 1.43. The summed E-state index contributed by atoms with van der Waals surface area (Å²) in [7, 11) is 0. The number of imidazole rings is 1. The van der Waals surface area contributed by atoms with Crippen molar-refractivity contribution in [1.29, 1.82) is 0 Å². The lowest BCUT2D eigenvalue weighted by Crippen LogP contribution is -2.17. The van der Waals surface area contributed by atoms with Crippen LogP contribution in [0.4, 0.5) is 0 Å². The van der Waals surface area contributed by atoms with Crippen LogP contribution in [-0.4, -0.2) is 19.6 Å². The van der Waals surface area contributed by atoms with E-state index in [-0.39, 0.29) is 27.6 Å². The van der Waals surface area contributed by atoms with Crippen LogP contribution in [0, 0.1) is 6.85 Å². The SMILES string of the molecule is [2H]c1c([2H])c(C([2H])([2H])[2H])c([2H])c([2H])c1-c1ccnc(-c2cc(-c3cccc4c3nc(-c3cc(C(C)(C)C)cc(C(C)(C)C)c3O)n4-c3ccc(-c4ccccc4C(C)(C)C)c(C([2H])(C)C)c3)cc(C(C)(C)C)c2)c1. The summed E-state index contributed by atoms with van der Waals surface area (Å²) >= 11 is 0. The Labute approximate surface area is 406 Å². The van der Waals surface area contributed by atoms with E-state index in [1.54, 1.807) is 18.3 Å². The third-order valence-corrected chi connectivity index (χ3v) is 12.6. The van der Waals surface area contributed by atoms with Crippen LogP contribution in [-0.2, 0) is 21.7 Å². The van der Waals surface area contributed by atoms with Gasteiger partial charge in [-0.1, -0.05) is 181 Å². The lowest BCUT2D eigenvalue weighted by molar-refractivity contribution is 0.446. The number of phenolic OH excluding ortho intramolecular Hbond substituents is 1. The molecule has 1 N–H and O–H groups in total. The van der Waals surface area contributed by atoms with Crippen molar-refractivity contribution in [1.82, 2.24) is 14.5 Å². The van der Waals surface area contributed by atoms with Crippen molar-refractivity contribution in [3.63, 3.8) is 0 Å².